The summed E-state index contributed by atoms with van der Waals surface area (Å²) in [5.74, 6) is 0.818. The zero-order chi connectivity index (χ0) is 19.2. The standard InChI is InChI=1S/C20H30ClN3O2/c1-5-22-19(24-12-10-15(11-13-24)18(25)26-4)23-14-20(2,3)16-6-8-17(21)9-7-16/h6-9,15H,5,10-14H2,1-4H3,(H,22,23). The molecule has 5 nitrogen and oxygen atoms in total. The lowest BCUT2D eigenvalue weighted by molar-refractivity contribution is -0.146. The fraction of sp³-hybridized carbons (Fsp3) is 0.600. The maximum atomic E-state index is 11.7. The molecule has 2 rings (SSSR count). The molecule has 144 valence electrons. The highest BCUT2D eigenvalue weighted by Gasteiger charge is 2.27. The Bertz CT molecular complexity index is 620. The number of guanidine groups is 1. The lowest BCUT2D eigenvalue weighted by Gasteiger charge is -2.34. The summed E-state index contributed by atoms with van der Waals surface area (Å²) >= 11 is 6.00. The third-order valence-corrected chi connectivity index (χ3v) is 5.17. The lowest BCUT2D eigenvalue weighted by Crippen LogP contribution is -2.47. The smallest absolute Gasteiger partial charge is 0.308 e. The number of halogens is 1. The molecule has 1 aliphatic rings. The van der Waals surface area contributed by atoms with Gasteiger partial charge in [0.15, 0.2) is 5.96 Å². The van der Waals surface area contributed by atoms with Crippen molar-refractivity contribution in [2.75, 3.05) is 33.3 Å². The molecule has 1 saturated heterocycles. The van der Waals surface area contributed by atoms with Crippen LogP contribution in [0.5, 0.6) is 0 Å². The molecule has 1 fully saturated rings. The van der Waals surface area contributed by atoms with Gasteiger partial charge >= 0.3 is 5.97 Å². The fourth-order valence-corrected chi connectivity index (χ4v) is 3.31. The molecule has 0 atom stereocenters. The predicted octanol–water partition coefficient (Wildman–Crippen LogP) is 3.47. The van der Waals surface area contributed by atoms with Crippen LogP contribution in [-0.4, -0.2) is 50.1 Å². The summed E-state index contributed by atoms with van der Waals surface area (Å²) in [6, 6.07) is 7.97. The number of carbonyl (C=O) groups excluding carboxylic acids is 1. The van der Waals surface area contributed by atoms with Gasteiger partial charge in [0.2, 0.25) is 0 Å². The number of piperidine rings is 1. The van der Waals surface area contributed by atoms with Gasteiger partial charge in [0, 0.05) is 30.1 Å². The number of aliphatic imine (C=N–C) groups is 1. The Balaban J connectivity index is 2.04. The van der Waals surface area contributed by atoms with Crippen LogP contribution in [0.3, 0.4) is 0 Å². The van der Waals surface area contributed by atoms with Gasteiger partial charge in [-0.1, -0.05) is 37.6 Å². The number of likely N-dealkylation sites (tertiary alicyclic amines) is 1. The number of benzene rings is 1. The quantitative estimate of drug-likeness (QED) is 0.483. The third kappa shape index (κ3) is 5.37. The fourth-order valence-electron chi connectivity index (χ4n) is 3.18. The monoisotopic (exact) mass is 379 g/mol. The first-order valence-electron chi connectivity index (χ1n) is 9.24. The van der Waals surface area contributed by atoms with Crippen LogP contribution in [0, 0.1) is 5.92 Å². The van der Waals surface area contributed by atoms with Gasteiger partial charge in [-0.05, 0) is 37.5 Å². The average molecular weight is 380 g/mol. The van der Waals surface area contributed by atoms with E-state index in [1.807, 2.05) is 12.1 Å². The van der Waals surface area contributed by atoms with Crippen LogP contribution in [0.2, 0.25) is 5.02 Å². The van der Waals surface area contributed by atoms with E-state index in [1.165, 1.54) is 12.7 Å². The number of methoxy groups -OCH3 is 1. The van der Waals surface area contributed by atoms with Crippen molar-refractivity contribution in [2.45, 2.75) is 39.0 Å². The second-order valence-corrected chi connectivity index (χ2v) is 7.78. The van der Waals surface area contributed by atoms with Gasteiger partial charge in [-0.25, -0.2) is 0 Å². The van der Waals surface area contributed by atoms with E-state index >= 15 is 0 Å². The highest BCUT2D eigenvalue weighted by molar-refractivity contribution is 6.30. The molecule has 0 unspecified atom stereocenters. The minimum atomic E-state index is -0.101. The maximum Gasteiger partial charge on any atom is 0.308 e. The molecular formula is C20H30ClN3O2. The van der Waals surface area contributed by atoms with Crippen molar-refractivity contribution in [1.29, 1.82) is 0 Å². The Kier molecular flexibility index (Phi) is 7.33. The van der Waals surface area contributed by atoms with Crippen LogP contribution in [0.4, 0.5) is 0 Å². The molecular weight excluding hydrogens is 350 g/mol. The Morgan fingerprint density at radius 2 is 1.92 bits per heavy atom. The number of esters is 1. The van der Waals surface area contributed by atoms with E-state index in [9.17, 15) is 4.79 Å². The summed E-state index contributed by atoms with van der Waals surface area (Å²) in [6.07, 6.45) is 1.61. The van der Waals surface area contributed by atoms with Crippen LogP contribution in [0.15, 0.2) is 29.3 Å². The second kappa shape index (κ2) is 9.26. The van der Waals surface area contributed by atoms with Crippen molar-refractivity contribution in [3.63, 3.8) is 0 Å². The molecule has 0 spiro atoms. The van der Waals surface area contributed by atoms with Crippen molar-refractivity contribution in [1.82, 2.24) is 10.2 Å². The number of hydrogen-bond acceptors (Lipinski definition) is 3. The summed E-state index contributed by atoms with van der Waals surface area (Å²) in [6.45, 7) is 9.56. The first-order valence-corrected chi connectivity index (χ1v) is 9.62. The Morgan fingerprint density at radius 1 is 1.31 bits per heavy atom. The van der Waals surface area contributed by atoms with E-state index in [2.05, 4.69) is 43.1 Å². The molecule has 0 aromatic heterocycles. The van der Waals surface area contributed by atoms with Crippen LogP contribution in [0.1, 0.15) is 39.2 Å². The molecule has 0 saturated carbocycles. The van der Waals surface area contributed by atoms with Crippen LogP contribution < -0.4 is 5.32 Å². The summed E-state index contributed by atoms with van der Waals surface area (Å²) < 4.78 is 4.87. The Morgan fingerprint density at radius 3 is 2.46 bits per heavy atom. The zero-order valence-electron chi connectivity index (χ0n) is 16.2. The van der Waals surface area contributed by atoms with Gasteiger partial charge in [-0.2, -0.15) is 0 Å². The van der Waals surface area contributed by atoms with E-state index < -0.39 is 0 Å². The van der Waals surface area contributed by atoms with E-state index in [-0.39, 0.29) is 17.3 Å². The number of carbonyl (C=O) groups is 1. The molecule has 1 aromatic carbocycles. The Hall–Kier alpha value is -1.75. The molecule has 0 radical (unpaired) electrons. The molecule has 1 aromatic rings. The second-order valence-electron chi connectivity index (χ2n) is 7.35. The van der Waals surface area contributed by atoms with E-state index in [0.29, 0.717) is 6.54 Å². The van der Waals surface area contributed by atoms with Gasteiger partial charge in [-0.15, -0.1) is 0 Å². The lowest BCUT2D eigenvalue weighted by atomic mass is 9.85. The van der Waals surface area contributed by atoms with Crippen LogP contribution in [-0.2, 0) is 14.9 Å². The van der Waals surface area contributed by atoms with Crippen LogP contribution in [0.25, 0.3) is 0 Å². The topological polar surface area (TPSA) is 53.9 Å². The van der Waals surface area contributed by atoms with Crippen molar-refractivity contribution in [2.24, 2.45) is 10.9 Å². The zero-order valence-corrected chi connectivity index (χ0v) is 17.0. The first kappa shape index (κ1) is 20.6. The minimum Gasteiger partial charge on any atom is -0.469 e. The Labute approximate surface area is 161 Å². The van der Waals surface area contributed by atoms with Gasteiger partial charge < -0.3 is 15.0 Å². The van der Waals surface area contributed by atoms with Gasteiger partial charge in [-0.3, -0.25) is 9.79 Å². The molecule has 0 aliphatic carbocycles. The molecule has 6 heteroatoms. The molecule has 1 aliphatic heterocycles. The maximum absolute atomic E-state index is 11.7. The average Bonchev–Trinajstić information content (AvgIpc) is 2.65. The summed E-state index contributed by atoms with van der Waals surface area (Å²) in [5, 5.41) is 4.13. The van der Waals surface area contributed by atoms with Crippen molar-refractivity contribution < 1.29 is 9.53 Å². The predicted molar refractivity (Wildman–Crippen MR) is 107 cm³/mol. The highest BCUT2D eigenvalue weighted by atomic mass is 35.5. The highest BCUT2D eigenvalue weighted by Crippen LogP contribution is 2.25. The summed E-state index contributed by atoms with van der Waals surface area (Å²) in [7, 11) is 1.46. The number of hydrogen-bond donors (Lipinski definition) is 1. The van der Waals surface area contributed by atoms with Crippen molar-refractivity contribution >= 4 is 23.5 Å². The van der Waals surface area contributed by atoms with E-state index in [4.69, 9.17) is 21.3 Å². The molecule has 0 amide bonds. The number of nitrogens with zero attached hydrogens (tertiary/aromatic N) is 2. The molecule has 1 N–H and O–H groups in total. The van der Waals surface area contributed by atoms with Gasteiger partial charge in [0.05, 0.1) is 19.6 Å². The minimum absolute atomic E-state index is 0.00429. The summed E-state index contributed by atoms with van der Waals surface area (Å²) in [5.41, 5.74) is 1.13. The van der Waals surface area contributed by atoms with Crippen LogP contribution >= 0.6 is 11.6 Å². The van der Waals surface area contributed by atoms with Crippen molar-refractivity contribution in [3.8, 4) is 0 Å². The normalized spacial score (nSPS) is 16.5. The number of nitrogens with one attached hydrogen (secondary N) is 1. The number of ether oxygens (including phenoxy) is 1. The van der Waals surface area contributed by atoms with E-state index in [0.717, 1.165) is 43.5 Å². The molecule has 1 heterocycles. The number of rotatable bonds is 5. The van der Waals surface area contributed by atoms with Gasteiger partial charge in [0.1, 0.15) is 0 Å². The van der Waals surface area contributed by atoms with Gasteiger partial charge in [0.25, 0.3) is 0 Å². The largest absolute Gasteiger partial charge is 0.469 e. The third-order valence-electron chi connectivity index (χ3n) is 4.91. The first-order chi connectivity index (χ1) is 12.4. The summed E-state index contributed by atoms with van der Waals surface area (Å²) in [4.78, 5) is 18.8. The SMILES string of the molecule is CCNC(=NCC(C)(C)c1ccc(Cl)cc1)N1CCC(C(=O)OC)CC1. The molecule has 26 heavy (non-hydrogen) atoms. The molecule has 0 bridgehead atoms. The van der Waals surface area contributed by atoms with Crippen molar-refractivity contribution in [3.05, 3.63) is 34.9 Å². The van der Waals surface area contributed by atoms with E-state index in [1.54, 1.807) is 0 Å².